The molecule has 0 atom stereocenters. The molecule has 3 heterocycles. The Morgan fingerprint density at radius 2 is 1.82 bits per heavy atom. The fourth-order valence-corrected chi connectivity index (χ4v) is 4.45. The summed E-state index contributed by atoms with van der Waals surface area (Å²) in [5, 5.41) is 15.4. The maximum Gasteiger partial charge on any atom is 0.291 e. The third kappa shape index (κ3) is 4.01. The Kier molecular flexibility index (Phi) is 5.13. The van der Waals surface area contributed by atoms with Crippen molar-refractivity contribution in [2.75, 3.05) is 0 Å². The number of nitro groups is 1. The van der Waals surface area contributed by atoms with Crippen molar-refractivity contribution < 1.29 is 9.34 Å². The molecule has 0 unspecified atom stereocenters. The van der Waals surface area contributed by atoms with Crippen LogP contribution in [-0.4, -0.2) is 19.5 Å². The zero-order valence-electron chi connectivity index (χ0n) is 18.7. The summed E-state index contributed by atoms with van der Waals surface area (Å²) in [4.78, 5) is 28.5. The van der Waals surface area contributed by atoms with E-state index in [0.29, 0.717) is 32.4 Å². The van der Waals surface area contributed by atoms with E-state index in [1.165, 1.54) is 33.5 Å². The minimum atomic E-state index is -0.454. The van der Waals surface area contributed by atoms with Crippen LogP contribution >= 0.6 is 11.3 Å². The van der Waals surface area contributed by atoms with E-state index in [2.05, 4.69) is 43.0 Å². The van der Waals surface area contributed by atoms with Gasteiger partial charge in [-0.15, -0.1) is 5.10 Å². The molecule has 0 saturated heterocycles. The zero-order chi connectivity index (χ0) is 24.0. The summed E-state index contributed by atoms with van der Waals surface area (Å²) in [6.45, 7) is 6.46. The number of hydrogen-bond donors (Lipinski definition) is 0. The lowest BCUT2D eigenvalue weighted by molar-refractivity contribution is -0.384. The molecule has 2 aromatic carbocycles. The number of nitro benzene ring substituents is 1. The summed E-state index contributed by atoms with van der Waals surface area (Å²) in [6.07, 6.45) is 1.63. The molecule has 170 valence electrons. The van der Waals surface area contributed by atoms with E-state index in [9.17, 15) is 14.9 Å². The molecule has 0 saturated carbocycles. The summed E-state index contributed by atoms with van der Waals surface area (Å²) in [5.74, 6) is 1.44. The Morgan fingerprint density at radius 3 is 2.50 bits per heavy atom. The van der Waals surface area contributed by atoms with Gasteiger partial charge in [0.25, 0.3) is 11.2 Å². The van der Waals surface area contributed by atoms with Crippen LogP contribution in [0.3, 0.4) is 0 Å². The summed E-state index contributed by atoms with van der Waals surface area (Å²) < 4.78 is 7.54. The second kappa shape index (κ2) is 8.03. The first-order valence-electron chi connectivity index (χ1n) is 10.6. The number of thiazole rings is 1. The highest BCUT2D eigenvalue weighted by molar-refractivity contribution is 7.15. The van der Waals surface area contributed by atoms with E-state index in [1.807, 2.05) is 12.1 Å². The van der Waals surface area contributed by atoms with E-state index in [4.69, 9.17) is 4.42 Å². The van der Waals surface area contributed by atoms with E-state index >= 15 is 0 Å². The highest BCUT2D eigenvalue weighted by Crippen LogP contribution is 2.27. The summed E-state index contributed by atoms with van der Waals surface area (Å²) in [6, 6.07) is 17.7. The van der Waals surface area contributed by atoms with Gasteiger partial charge in [0.2, 0.25) is 4.96 Å². The van der Waals surface area contributed by atoms with Gasteiger partial charge >= 0.3 is 0 Å². The van der Waals surface area contributed by atoms with Crippen molar-refractivity contribution in [3.63, 3.8) is 0 Å². The maximum absolute atomic E-state index is 12.9. The van der Waals surface area contributed by atoms with E-state index < -0.39 is 4.92 Å². The van der Waals surface area contributed by atoms with E-state index in [1.54, 1.807) is 30.3 Å². The fourth-order valence-electron chi connectivity index (χ4n) is 3.56. The number of aromatic nitrogens is 3. The van der Waals surface area contributed by atoms with Gasteiger partial charge in [-0.25, -0.2) is 0 Å². The summed E-state index contributed by atoms with van der Waals surface area (Å²) in [7, 11) is 0. The van der Waals surface area contributed by atoms with Crippen LogP contribution in [0.1, 0.15) is 32.1 Å². The lowest BCUT2D eigenvalue weighted by Crippen LogP contribution is -2.23. The van der Waals surface area contributed by atoms with Gasteiger partial charge in [-0.3, -0.25) is 14.9 Å². The molecule has 0 aliphatic rings. The van der Waals surface area contributed by atoms with Crippen LogP contribution in [0.2, 0.25) is 0 Å². The second-order valence-corrected chi connectivity index (χ2v) is 9.89. The van der Waals surface area contributed by atoms with E-state index in [-0.39, 0.29) is 16.7 Å². The number of hydrogen-bond acceptors (Lipinski definition) is 7. The topological polar surface area (TPSA) is 104 Å². The largest absolute Gasteiger partial charge is 0.457 e. The first kappa shape index (κ1) is 21.7. The number of furan rings is 1. The third-order valence-corrected chi connectivity index (χ3v) is 6.39. The number of benzene rings is 2. The molecular weight excluding hydrogens is 452 g/mol. The smallest absolute Gasteiger partial charge is 0.291 e. The molecule has 0 amide bonds. The Hall–Kier alpha value is -4.11. The molecule has 0 aliphatic carbocycles. The van der Waals surface area contributed by atoms with E-state index in [0.717, 1.165) is 5.56 Å². The second-order valence-electron chi connectivity index (χ2n) is 8.88. The fraction of sp³-hybridized carbons (Fsp3) is 0.160. The van der Waals surface area contributed by atoms with Crippen molar-refractivity contribution in [3.05, 3.63) is 97.0 Å². The Labute approximate surface area is 198 Å². The van der Waals surface area contributed by atoms with Crippen molar-refractivity contribution in [1.82, 2.24) is 14.6 Å². The van der Waals surface area contributed by atoms with Crippen molar-refractivity contribution in [1.29, 1.82) is 0 Å². The van der Waals surface area contributed by atoms with Crippen molar-refractivity contribution >= 4 is 28.1 Å². The molecule has 0 aliphatic heterocycles. The molecule has 9 heteroatoms. The average molecular weight is 473 g/mol. The highest BCUT2D eigenvalue weighted by atomic mass is 32.1. The molecule has 0 spiro atoms. The van der Waals surface area contributed by atoms with Crippen molar-refractivity contribution in [3.8, 4) is 22.7 Å². The highest BCUT2D eigenvalue weighted by Gasteiger charge is 2.16. The van der Waals surface area contributed by atoms with Gasteiger partial charge in [0.05, 0.1) is 4.92 Å². The average Bonchev–Trinajstić information content (AvgIpc) is 3.51. The van der Waals surface area contributed by atoms with Crippen LogP contribution in [0.4, 0.5) is 5.69 Å². The van der Waals surface area contributed by atoms with Crippen LogP contribution in [-0.2, 0) is 5.41 Å². The lowest BCUT2D eigenvalue weighted by Gasteiger charge is -2.18. The van der Waals surface area contributed by atoms with Crippen LogP contribution in [0.5, 0.6) is 0 Å². The van der Waals surface area contributed by atoms with Gasteiger partial charge in [0.1, 0.15) is 16.1 Å². The maximum atomic E-state index is 12.9. The Morgan fingerprint density at radius 1 is 1.06 bits per heavy atom. The Bertz CT molecular complexity index is 1640. The monoisotopic (exact) mass is 472 g/mol. The Balaban J connectivity index is 1.46. The molecule has 0 bridgehead atoms. The van der Waals surface area contributed by atoms with Crippen LogP contribution in [0.25, 0.3) is 33.7 Å². The molecule has 5 aromatic rings. The SMILES string of the molecule is CC(C)(C)c1ccc(-c2nc3s/c(=C\c4ccc(-c5cccc([N+](=O)[O-])c5)o4)c(=O)n3n2)cc1. The van der Waals surface area contributed by atoms with Crippen LogP contribution < -0.4 is 10.1 Å². The quantitative estimate of drug-likeness (QED) is 0.274. The minimum absolute atomic E-state index is 0.0179. The number of nitrogens with zero attached hydrogens (tertiary/aromatic N) is 4. The molecule has 0 fully saturated rings. The van der Waals surface area contributed by atoms with Crippen LogP contribution in [0, 0.1) is 10.1 Å². The molecule has 8 nitrogen and oxygen atoms in total. The number of rotatable bonds is 4. The van der Waals surface area contributed by atoms with Crippen molar-refractivity contribution in [2.24, 2.45) is 0 Å². The van der Waals surface area contributed by atoms with Gasteiger partial charge in [0, 0.05) is 29.3 Å². The lowest BCUT2D eigenvalue weighted by atomic mass is 9.87. The normalized spacial score (nSPS) is 12.5. The van der Waals surface area contributed by atoms with Gasteiger partial charge < -0.3 is 4.42 Å². The molecule has 3 aromatic heterocycles. The number of non-ortho nitro benzene ring substituents is 1. The van der Waals surface area contributed by atoms with Gasteiger partial charge in [-0.1, -0.05) is 68.5 Å². The zero-order valence-corrected chi connectivity index (χ0v) is 19.5. The molecular formula is C25H20N4O4S. The summed E-state index contributed by atoms with van der Waals surface area (Å²) >= 11 is 1.23. The van der Waals surface area contributed by atoms with Gasteiger partial charge in [0.15, 0.2) is 5.82 Å². The first-order valence-corrected chi connectivity index (χ1v) is 11.4. The predicted octanol–water partition coefficient (Wildman–Crippen LogP) is 4.83. The number of fused-ring (bicyclic) bond motifs is 1. The standard InChI is InChI=1S/C25H20N4O4S/c1-25(2,3)17-9-7-15(8-10-17)22-26-24-28(27-22)23(30)21(34-24)14-19-11-12-20(33-19)16-5-4-6-18(13-16)29(31)32/h4-14H,1-3H3/b21-14-. The minimum Gasteiger partial charge on any atom is -0.457 e. The molecule has 0 N–H and O–H groups in total. The molecule has 34 heavy (non-hydrogen) atoms. The first-order chi connectivity index (χ1) is 16.2. The van der Waals surface area contributed by atoms with Crippen LogP contribution in [0.15, 0.2) is 69.9 Å². The third-order valence-electron chi connectivity index (χ3n) is 5.43. The van der Waals surface area contributed by atoms with Crippen molar-refractivity contribution in [2.45, 2.75) is 26.2 Å². The molecule has 5 rings (SSSR count). The van der Waals surface area contributed by atoms with Gasteiger partial charge in [-0.2, -0.15) is 9.50 Å². The predicted molar refractivity (Wildman–Crippen MR) is 131 cm³/mol. The summed E-state index contributed by atoms with van der Waals surface area (Å²) in [5.41, 5.74) is 2.40. The van der Waals surface area contributed by atoms with Gasteiger partial charge in [-0.05, 0) is 23.1 Å². The molecule has 0 radical (unpaired) electrons.